The maximum absolute atomic E-state index is 11.3. The predicted molar refractivity (Wildman–Crippen MR) is 50.1 cm³/mol. The Bertz CT molecular complexity index is 231. The summed E-state index contributed by atoms with van der Waals surface area (Å²) in [4.78, 5) is 22.4. The SMILES string of the molecule is C=CCC(=O)C(=O)C(N)CC1CC1. The molecule has 0 amide bonds. The number of rotatable bonds is 6. The van der Waals surface area contributed by atoms with Gasteiger partial charge in [-0.2, -0.15) is 0 Å². The lowest BCUT2D eigenvalue weighted by Gasteiger charge is -2.07. The Hall–Kier alpha value is -0.960. The fourth-order valence-corrected chi connectivity index (χ4v) is 1.26. The minimum atomic E-state index is -0.583. The number of nitrogens with two attached hydrogens (primary N) is 1. The second kappa shape index (κ2) is 4.33. The van der Waals surface area contributed by atoms with Crippen molar-refractivity contribution in [2.24, 2.45) is 11.7 Å². The molecule has 1 rings (SSSR count). The lowest BCUT2D eigenvalue weighted by molar-refractivity contribution is -0.137. The maximum atomic E-state index is 11.3. The van der Waals surface area contributed by atoms with Crippen LogP contribution in [0.5, 0.6) is 0 Å². The van der Waals surface area contributed by atoms with Crippen LogP contribution in [0.15, 0.2) is 12.7 Å². The summed E-state index contributed by atoms with van der Waals surface area (Å²) in [6.07, 6.45) is 4.51. The first-order valence-corrected chi connectivity index (χ1v) is 4.58. The minimum Gasteiger partial charge on any atom is -0.321 e. The molecular formula is C10H15NO2. The maximum Gasteiger partial charge on any atom is 0.215 e. The van der Waals surface area contributed by atoms with Crippen molar-refractivity contribution >= 4 is 11.6 Å². The molecule has 2 N–H and O–H groups in total. The highest BCUT2D eigenvalue weighted by Crippen LogP contribution is 2.33. The van der Waals surface area contributed by atoms with Crippen molar-refractivity contribution in [3.05, 3.63) is 12.7 Å². The molecule has 0 saturated heterocycles. The van der Waals surface area contributed by atoms with Gasteiger partial charge in [0.2, 0.25) is 11.6 Å². The number of hydrogen-bond acceptors (Lipinski definition) is 3. The standard InChI is InChI=1S/C10H15NO2/c1-2-3-9(12)10(13)8(11)6-7-4-5-7/h2,7-8H,1,3-6,11H2. The third-order valence-electron chi connectivity index (χ3n) is 2.23. The fourth-order valence-electron chi connectivity index (χ4n) is 1.26. The molecule has 1 saturated carbocycles. The molecule has 0 heterocycles. The van der Waals surface area contributed by atoms with E-state index in [1.807, 2.05) is 0 Å². The quantitative estimate of drug-likeness (QED) is 0.487. The summed E-state index contributed by atoms with van der Waals surface area (Å²) in [5.41, 5.74) is 5.58. The van der Waals surface area contributed by atoms with E-state index in [-0.39, 0.29) is 6.42 Å². The van der Waals surface area contributed by atoms with Gasteiger partial charge in [0.25, 0.3) is 0 Å². The lowest BCUT2D eigenvalue weighted by atomic mass is 10.0. The first-order chi connectivity index (χ1) is 6.15. The van der Waals surface area contributed by atoms with Crippen molar-refractivity contribution in [2.45, 2.75) is 31.7 Å². The molecule has 1 aliphatic rings. The van der Waals surface area contributed by atoms with Crippen LogP contribution in [0.3, 0.4) is 0 Å². The average Bonchev–Trinajstić information content (AvgIpc) is 2.87. The summed E-state index contributed by atoms with van der Waals surface area (Å²) in [5, 5.41) is 0. The van der Waals surface area contributed by atoms with Crippen molar-refractivity contribution in [3.8, 4) is 0 Å². The largest absolute Gasteiger partial charge is 0.321 e. The Morgan fingerprint density at radius 1 is 1.54 bits per heavy atom. The third kappa shape index (κ3) is 3.11. The highest BCUT2D eigenvalue weighted by molar-refractivity contribution is 6.39. The second-order valence-corrected chi connectivity index (χ2v) is 3.57. The Labute approximate surface area is 78.0 Å². The van der Waals surface area contributed by atoms with E-state index in [4.69, 9.17) is 5.73 Å². The zero-order chi connectivity index (χ0) is 9.84. The van der Waals surface area contributed by atoms with E-state index in [1.54, 1.807) is 0 Å². The van der Waals surface area contributed by atoms with Gasteiger partial charge in [-0.05, 0) is 12.3 Å². The Morgan fingerprint density at radius 3 is 2.62 bits per heavy atom. The monoisotopic (exact) mass is 181 g/mol. The highest BCUT2D eigenvalue weighted by atomic mass is 16.2. The van der Waals surface area contributed by atoms with E-state index in [1.165, 1.54) is 6.08 Å². The molecule has 0 aliphatic heterocycles. The molecule has 1 unspecified atom stereocenters. The first-order valence-electron chi connectivity index (χ1n) is 4.58. The normalized spacial score (nSPS) is 17.9. The van der Waals surface area contributed by atoms with Crippen LogP contribution in [0.4, 0.5) is 0 Å². The molecule has 13 heavy (non-hydrogen) atoms. The molecule has 1 aliphatic carbocycles. The third-order valence-corrected chi connectivity index (χ3v) is 2.23. The minimum absolute atomic E-state index is 0.108. The number of allylic oxidation sites excluding steroid dienone is 1. The van der Waals surface area contributed by atoms with E-state index in [9.17, 15) is 9.59 Å². The van der Waals surface area contributed by atoms with Gasteiger partial charge in [0.05, 0.1) is 6.04 Å². The Balaban J connectivity index is 2.35. The molecule has 0 bridgehead atoms. The molecule has 3 heteroatoms. The highest BCUT2D eigenvalue weighted by Gasteiger charge is 2.29. The molecule has 0 aromatic carbocycles. The van der Waals surface area contributed by atoms with Gasteiger partial charge in [-0.15, -0.1) is 6.58 Å². The summed E-state index contributed by atoms with van der Waals surface area (Å²) in [7, 11) is 0. The van der Waals surface area contributed by atoms with Crippen molar-refractivity contribution in [1.82, 2.24) is 0 Å². The summed E-state index contributed by atoms with van der Waals surface area (Å²) >= 11 is 0. The van der Waals surface area contributed by atoms with E-state index >= 15 is 0 Å². The van der Waals surface area contributed by atoms with Crippen LogP contribution in [0.25, 0.3) is 0 Å². The predicted octanol–water partition coefficient (Wildman–Crippen LogP) is 0.828. The number of Topliss-reactive ketones (excluding diaryl/α,β-unsaturated/α-hetero) is 2. The number of ketones is 2. The van der Waals surface area contributed by atoms with Crippen LogP contribution in [0, 0.1) is 5.92 Å². The summed E-state index contributed by atoms with van der Waals surface area (Å²) in [6.45, 7) is 3.40. The molecule has 0 radical (unpaired) electrons. The Kier molecular flexibility index (Phi) is 3.37. The zero-order valence-corrected chi connectivity index (χ0v) is 7.66. The van der Waals surface area contributed by atoms with Gasteiger partial charge in [-0.1, -0.05) is 18.9 Å². The molecule has 0 spiro atoms. The van der Waals surface area contributed by atoms with Crippen LogP contribution in [0.1, 0.15) is 25.7 Å². The average molecular weight is 181 g/mol. The topological polar surface area (TPSA) is 60.2 Å². The van der Waals surface area contributed by atoms with Gasteiger partial charge in [-0.25, -0.2) is 0 Å². The first kappa shape index (κ1) is 10.1. The lowest BCUT2D eigenvalue weighted by Crippen LogP contribution is -2.36. The van der Waals surface area contributed by atoms with Crippen LogP contribution >= 0.6 is 0 Å². The van der Waals surface area contributed by atoms with Gasteiger partial charge < -0.3 is 5.73 Å². The molecule has 1 atom stereocenters. The molecule has 0 aromatic rings. The summed E-state index contributed by atoms with van der Waals surface area (Å²) in [5.74, 6) is -0.273. The van der Waals surface area contributed by atoms with E-state index in [0.717, 1.165) is 12.8 Å². The van der Waals surface area contributed by atoms with Crippen LogP contribution in [-0.4, -0.2) is 17.6 Å². The van der Waals surface area contributed by atoms with Crippen molar-refractivity contribution < 1.29 is 9.59 Å². The molecule has 1 fully saturated rings. The molecule has 0 aromatic heterocycles. The van der Waals surface area contributed by atoms with Gasteiger partial charge in [0.1, 0.15) is 0 Å². The van der Waals surface area contributed by atoms with Crippen molar-refractivity contribution in [2.75, 3.05) is 0 Å². The van der Waals surface area contributed by atoms with Gasteiger partial charge in [0, 0.05) is 6.42 Å². The fraction of sp³-hybridized carbons (Fsp3) is 0.600. The van der Waals surface area contributed by atoms with Crippen LogP contribution < -0.4 is 5.73 Å². The van der Waals surface area contributed by atoms with E-state index in [2.05, 4.69) is 6.58 Å². The van der Waals surface area contributed by atoms with E-state index in [0.29, 0.717) is 12.3 Å². The molecule has 72 valence electrons. The van der Waals surface area contributed by atoms with Crippen LogP contribution in [-0.2, 0) is 9.59 Å². The Morgan fingerprint density at radius 2 is 2.15 bits per heavy atom. The summed E-state index contributed by atoms with van der Waals surface area (Å²) in [6, 6.07) is -0.583. The molecule has 3 nitrogen and oxygen atoms in total. The van der Waals surface area contributed by atoms with Gasteiger partial charge in [-0.3, -0.25) is 9.59 Å². The van der Waals surface area contributed by atoms with Crippen molar-refractivity contribution in [1.29, 1.82) is 0 Å². The number of carbonyl (C=O) groups is 2. The van der Waals surface area contributed by atoms with Gasteiger partial charge >= 0.3 is 0 Å². The second-order valence-electron chi connectivity index (χ2n) is 3.57. The van der Waals surface area contributed by atoms with Crippen molar-refractivity contribution in [3.63, 3.8) is 0 Å². The number of hydrogen-bond donors (Lipinski definition) is 1. The number of carbonyl (C=O) groups excluding carboxylic acids is 2. The zero-order valence-electron chi connectivity index (χ0n) is 7.66. The van der Waals surface area contributed by atoms with Crippen LogP contribution in [0.2, 0.25) is 0 Å². The summed E-state index contributed by atoms with van der Waals surface area (Å²) < 4.78 is 0. The van der Waals surface area contributed by atoms with E-state index < -0.39 is 17.6 Å². The van der Waals surface area contributed by atoms with Gasteiger partial charge in [0.15, 0.2) is 0 Å². The molecular weight excluding hydrogens is 166 g/mol. The smallest absolute Gasteiger partial charge is 0.215 e.